The molecule has 0 bridgehead atoms. The molecule has 0 fully saturated rings. The first-order chi connectivity index (χ1) is 10.3. The third-order valence-electron chi connectivity index (χ3n) is 3.31. The summed E-state index contributed by atoms with van der Waals surface area (Å²) in [6, 6.07) is 14.4. The van der Waals surface area contributed by atoms with Crippen LogP contribution in [0.3, 0.4) is 0 Å². The lowest BCUT2D eigenvalue weighted by molar-refractivity contribution is -0.120. The zero-order chi connectivity index (χ0) is 14.9. The molecule has 2 N–H and O–H groups in total. The van der Waals surface area contributed by atoms with Crippen molar-refractivity contribution in [2.24, 2.45) is 0 Å². The normalized spacial score (nSPS) is 12.0. The van der Waals surface area contributed by atoms with Crippen molar-refractivity contribution in [3.05, 3.63) is 58.3 Å². The average molecular weight is 302 g/mol. The minimum absolute atomic E-state index is 0.0384. The molecule has 0 aliphatic rings. The fourth-order valence-corrected chi connectivity index (χ4v) is 3.03. The summed E-state index contributed by atoms with van der Waals surface area (Å²) in [5, 5.41) is 8.38. The van der Waals surface area contributed by atoms with Crippen LogP contribution in [0.25, 0.3) is 0 Å². The van der Waals surface area contributed by atoms with Crippen molar-refractivity contribution in [3.8, 4) is 0 Å². The fourth-order valence-electron chi connectivity index (χ4n) is 2.20. The van der Waals surface area contributed by atoms with E-state index in [1.54, 1.807) is 11.3 Å². The molecule has 2 aromatic rings. The van der Waals surface area contributed by atoms with E-state index in [-0.39, 0.29) is 11.9 Å². The molecule has 1 amide bonds. The zero-order valence-corrected chi connectivity index (χ0v) is 13.2. The van der Waals surface area contributed by atoms with Gasteiger partial charge in [-0.05, 0) is 23.4 Å². The summed E-state index contributed by atoms with van der Waals surface area (Å²) in [6.45, 7) is 3.10. The van der Waals surface area contributed by atoms with Gasteiger partial charge >= 0.3 is 0 Å². The number of thiophene rings is 1. The number of hydrogen-bond acceptors (Lipinski definition) is 3. The number of carbonyl (C=O) groups is 1. The van der Waals surface area contributed by atoms with Gasteiger partial charge in [-0.15, -0.1) is 11.3 Å². The molecule has 0 radical (unpaired) electrons. The molecule has 112 valence electrons. The van der Waals surface area contributed by atoms with E-state index in [1.807, 2.05) is 30.3 Å². The number of carbonyl (C=O) groups excluding carboxylic acids is 1. The summed E-state index contributed by atoms with van der Waals surface area (Å²) < 4.78 is 0. The van der Waals surface area contributed by atoms with Crippen LogP contribution in [0.1, 0.15) is 36.2 Å². The molecule has 1 aromatic carbocycles. The van der Waals surface area contributed by atoms with Gasteiger partial charge in [0.25, 0.3) is 0 Å². The number of amides is 1. The Balaban J connectivity index is 1.77. The molecule has 1 aromatic heterocycles. The lowest BCUT2D eigenvalue weighted by atomic mass is 10.1. The van der Waals surface area contributed by atoms with E-state index in [0.29, 0.717) is 13.1 Å². The predicted octanol–water partition coefficient (Wildman–Crippen LogP) is 3.50. The van der Waals surface area contributed by atoms with Crippen LogP contribution in [0.5, 0.6) is 0 Å². The summed E-state index contributed by atoms with van der Waals surface area (Å²) in [6.07, 6.45) is 2.15. The van der Waals surface area contributed by atoms with Gasteiger partial charge in [0.1, 0.15) is 0 Å². The topological polar surface area (TPSA) is 41.1 Å². The highest BCUT2D eigenvalue weighted by atomic mass is 32.1. The quantitative estimate of drug-likeness (QED) is 0.783. The molecule has 4 heteroatoms. The van der Waals surface area contributed by atoms with Gasteiger partial charge in [-0.25, -0.2) is 0 Å². The zero-order valence-electron chi connectivity index (χ0n) is 12.3. The van der Waals surface area contributed by atoms with Crippen LogP contribution in [-0.4, -0.2) is 12.5 Å². The molecule has 1 unspecified atom stereocenters. The monoisotopic (exact) mass is 302 g/mol. The highest BCUT2D eigenvalue weighted by Crippen LogP contribution is 2.22. The maximum absolute atomic E-state index is 11.9. The maximum atomic E-state index is 11.9. The summed E-state index contributed by atoms with van der Waals surface area (Å²) in [5.41, 5.74) is 1.12. The smallest absolute Gasteiger partial charge is 0.234 e. The molecule has 0 saturated heterocycles. The molecule has 2 rings (SSSR count). The third-order valence-corrected chi connectivity index (χ3v) is 4.29. The Hall–Kier alpha value is -1.65. The van der Waals surface area contributed by atoms with E-state index in [4.69, 9.17) is 0 Å². The molecular formula is C17H22N2OS. The van der Waals surface area contributed by atoms with Crippen LogP contribution >= 0.6 is 11.3 Å². The molecule has 0 spiro atoms. The highest BCUT2D eigenvalue weighted by molar-refractivity contribution is 7.10. The molecule has 21 heavy (non-hydrogen) atoms. The Kier molecular flexibility index (Phi) is 6.44. The average Bonchev–Trinajstić information content (AvgIpc) is 3.04. The summed E-state index contributed by atoms with van der Waals surface area (Å²) >= 11 is 1.74. The van der Waals surface area contributed by atoms with Crippen LogP contribution < -0.4 is 10.6 Å². The van der Waals surface area contributed by atoms with Gasteiger partial charge in [-0.2, -0.15) is 0 Å². The lowest BCUT2D eigenvalue weighted by Gasteiger charge is -2.16. The highest BCUT2D eigenvalue weighted by Gasteiger charge is 2.12. The number of hydrogen-bond donors (Lipinski definition) is 2. The van der Waals surface area contributed by atoms with E-state index >= 15 is 0 Å². The first-order valence-electron chi connectivity index (χ1n) is 7.37. The summed E-state index contributed by atoms with van der Waals surface area (Å²) in [4.78, 5) is 13.2. The van der Waals surface area contributed by atoms with Crippen molar-refractivity contribution in [1.82, 2.24) is 10.6 Å². The second kappa shape index (κ2) is 8.60. The number of rotatable bonds is 8. The van der Waals surface area contributed by atoms with E-state index in [1.165, 1.54) is 4.88 Å². The minimum atomic E-state index is 0.0384. The molecule has 0 aliphatic carbocycles. The third kappa shape index (κ3) is 5.33. The van der Waals surface area contributed by atoms with Gasteiger partial charge < -0.3 is 10.6 Å². The van der Waals surface area contributed by atoms with Crippen molar-refractivity contribution in [3.63, 3.8) is 0 Å². The van der Waals surface area contributed by atoms with Crippen LogP contribution in [0.2, 0.25) is 0 Å². The molecule has 1 heterocycles. The van der Waals surface area contributed by atoms with Crippen molar-refractivity contribution >= 4 is 17.2 Å². The summed E-state index contributed by atoms with van der Waals surface area (Å²) in [5.74, 6) is 0.0384. The minimum Gasteiger partial charge on any atom is -0.351 e. The summed E-state index contributed by atoms with van der Waals surface area (Å²) in [7, 11) is 0. The fraction of sp³-hybridized carbons (Fsp3) is 0.353. The van der Waals surface area contributed by atoms with Crippen molar-refractivity contribution in [2.75, 3.05) is 6.54 Å². The largest absolute Gasteiger partial charge is 0.351 e. The predicted molar refractivity (Wildman–Crippen MR) is 88.3 cm³/mol. The van der Waals surface area contributed by atoms with Gasteiger partial charge in [0.2, 0.25) is 5.91 Å². The Morgan fingerprint density at radius 3 is 2.67 bits per heavy atom. The lowest BCUT2D eigenvalue weighted by Crippen LogP contribution is -2.35. The van der Waals surface area contributed by atoms with Gasteiger partial charge in [-0.3, -0.25) is 4.79 Å². The maximum Gasteiger partial charge on any atom is 0.234 e. The van der Waals surface area contributed by atoms with E-state index in [2.05, 4.69) is 35.1 Å². The molecule has 3 nitrogen and oxygen atoms in total. The van der Waals surface area contributed by atoms with Gasteiger partial charge in [0.05, 0.1) is 6.54 Å². The second-order valence-corrected chi connectivity index (χ2v) is 5.98. The van der Waals surface area contributed by atoms with Gasteiger partial charge in [-0.1, -0.05) is 49.7 Å². The molecule has 0 saturated carbocycles. The first-order valence-corrected chi connectivity index (χ1v) is 8.25. The van der Waals surface area contributed by atoms with E-state index in [0.717, 1.165) is 18.4 Å². The Labute approximate surface area is 130 Å². The van der Waals surface area contributed by atoms with Crippen molar-refractivity contribution in [1.29, 1.82) is 0 Å². The van der Waals surface area contributed by atoms with Gasteiger partial charge in [0.15, 0.2) is 0 Å². The van der Waals surface area contributed by atoms with E-state index in [9.17, 15) is 4.79 Å². The molecule has 0 aliphatic heterocycles. The Morgan fingerprint density at radius 2 is 2.00 bits per heavy atom. The Morgan fingerprint density at radius 1 is 1.19 bits per heavy atom. The van der Waals surface area contributed by atoms with Crippen LogP contribution in [0, 0.1) is 0 Å². The molecular weight excluding hydrogens is 280 g/mol. The molecule has 1 atom stereocenters. The van der Waals surface area contributed by atoms with Crippen molar-refractivity contribution < 1.29 is 4.79 Å². The van der Waals surface area contributed by atoms with Crippen LogP contribution in [-0.2, 0) is 11.3 Å². The van der Waals surface area contributed by atoms with Gasteiger partial charge in [0, 0.05) is 17.5 Å². The Bertz CT molecular complexity index is 525. The van der Waals surface area contributed by atoms with Crippen molar-refractivity contribution in [2.45, 2.75) is 32.4 Å². The number of nitrogens with one attached hydrogen (secondary N) is 2. The second-order valence-electron chi connectivity index (χ2n) is 5.00. The first kappa shape index (κ1) is 15.7. The van der Waals surface area contributed by atoms with Crippen LogP contribution in [0.15, 0.2) is 47.8 Å². The standard InChI is InChI=1S/C17H22N2OS/c1-2-7-15(16-10-6-11-21-16)18-13-17(20)19-12-14-8-4-3-5-9-14/h3-6,8-11,15,18H,2,7,12-13H2,1H3,(H,19,20). The van der Waals surface area contributed by atoms with E-state index < -0.39 is 0 Å². The SMILES string of the molecule is CCCC(NCC(=O)NCc1ccccc1)c1cccs1. The number of benzene rings is 1. The van der Waals surface area contributed by atoms with Crippen LogP contribution in [0.4, 0.5) is 0 Å².